The molecule has 1 aromatic carbocycles. The molecule has 0 saturated heterocycles. The quantitative estimate of drug-likeness (QED) is 0.729. The molecule has 0 fully saturated rings. The highest BCUT2D eigenvalue weighted by molar-refractivity contribution is 9.10. The molecule has 0 spiro atoms. The topological polar surface area (TPSA) is 27.7 Å². The van der Waals surface area contributed by atoms with E-state index in [9.17, 15) is 0 Å². The Morgan fingerprint density at radius 1 is 1.00 bits per heavy atom. The zero-order valence-electron chi connectivity index (χ0n) is 12.8. The third-order valence-electron chi connectivity index (χ3n) is 3.62. The van der Waals surface area contributed by atoms with Crippen molar-refractivity contribution in [2.75, 3.05) is 14.2 Å². The highest BCUT2D eigenvalue weighted by Crippen LogP contribution is 2.46. The minimum atomic E-state index is -1.94. The smallest absolute Gasteiger partial charge is 0.250 e. The van der Waals surface area contributed by atoms with Crippen molar-refractivity contribution in [3.63, 3.8) is 0 Å². The van der Waals surface area contributed by atoms with Crippen LogP contribution in [-0.4, -0.2) is 22.5 Å². The molecule has 3 nitrogen and oxygen atoms in total. The molecule has 0 unspecified atom stereocenters. The average Bonchev–Trinajstić information content (AvgIpc) is 2.28. The van der Waals surface area contributed by atoms with Crippen molar-refractivity contribution in [2.45, 2.75) is 38.9 Å². The summed E-state index contributed by atoms with van der Waals surface area (Å²) in [7, 11) is 1.33. The lowest BCUT2D eigenvalue weighted by Gasteiger charge is -2.37. The summed E-state index contributed by atoms with van der Waals surface area (Å²) >= 11 is 3.48. The molecule has 1 rings (SSSR count). The normalized spacial score (nSPS) is 12.2. The summed E-state index contributed by atoms with van der Waals surface area (Å²) in [6, 6.07) is 3.78. The first-order valence-corrected chi connectivity index (χ1v) is 9.93. The summed E-state index contributed by atoms with van der Waals surface area (Å²) in [6.45, 7) is 11.0. The number of ether oxygens (including phenoxy) is 2. The SMILES string of the molecule is COc1ccc(Br)c(OC)c1O[Si](C)(C)C(C)(C)C. The molecule has 0 aliphatic heterocycles. The van der Waals surface area contributed by atoms with Crippen molar-refractivity contribution in [3.8, 4) is 17.2 Å². The fourth-order valence-corrected chi connectivity index (χ4v) is 2.86. The summed E-state index contributed by atoms with van der Waals surface area (Å²) < 4.78 is 18.1. The Morgan fingerprint density at radius 2 is 1.58 bits per heavy atom. The first-order chi connectivity index (χ1) is 8.64. The van der Waals surface area contributed by atoms with E-state index in [1.54, 1.807) is 14.2 Å². The van der Waals surface area contributed by atoms with Gasteiger partial charge in [0.2, 0.25) is 0 Å². The Hall–Kier alpha value is -0.683. The van der Waals surface area contributed by atoms with E-state index in [0.29, 0.717) is 17.2 Å². The van der Waals surface area contributed by atoms with E-state index in [0.717, 1.165) is 4.47 Å². The first-order valence-electron chi connectivity index (χ1n) is 6.23. The number of methoxy groups -OCH3 is 2. The summed E-state index contributed by atoms with van der Waals surface area (Å²) in [4.78, 5) is 0. The van der Waals surface area contributed by atoms with Crippen LogP contribution in [0.5, 0.6) is 17.2 Å². The number of hydrogen-bond acceptors (Lipinski definition) is 3. The van der Waals surface area contributed by atoms with Crippen molar-refractivity contribution in [1.82, 2.24) is 0 Å². The zero-order valence-corrected chi connectivity index (χ0v) is 15.3. The van der Waals surface area contributed by atoms with Gasteiger partial charge in [-0.2, -0.15) is 0 Å². The van der Waals surface area contributed by atoms with Gasteiger partial charge >= 0.3 is 0 Å². The maximum atomic E-state index is 6.35. The predicted molar refractivity (Wildman–Crippen MR) is 85.1 cm³/mol. The van der Waals surface area contributed by atoms with Crippen LogP contribution < -0.4 is 13.9 Å². The second kappa shape index (κ2) is 5.75. The molecule has 0 heterocycles. The number of benzene rings is 1. The van der Waals surface area contributed by atoms with E-state index in [4.69, 9.17) is 13.9 Å². The van der Waals surface area contributed by atoms with Crippen LogP contribution in [0, 0.1) is 0 Å². The van der Waals surface area contributed by atoms with Gasteiger partial charge in [-0.25, -0.2) is 0 Å². The number of hydrogen-bond donors (Lipinski definition) is 0. The minimum Gasteiger partial charge on any atom is -0.538 e. The minimum absolute atomic E-state index is 0.116. The van der Waals surface area contributed by atoms with Gasteiger partial charge in [0.15, 0.2) is 17.2 Å². The molecule has 0 aliphatic carbocycles. The molecule has 108 valence electrons. The second-order valence-electron chi connectivity index (χ2n) is 5.97. The Kier molecular flexibility index (Phi) is 4.95. The average molecular weight is 347 g/mol. The Balaban J connectivity index is 3.30. The molecule has 0 atom stereocenters. The van der Waals surface area contributed by atoms with Crippen LogP contribution in [0.25, 0.3) is 0 Å². The summed E-state index contributed by atoms with van der Waals surface area (Å²) in [5.74, 6) is 2.07. The van der Waals surface area contributed by atoms with Crippen LogP contribution >= 0.6 is 15.9 Å². The van der Waals surface area contributed by atoms with Crippen molar-refractivity contribution >= 4 is 24.2 Å². The van der Waals surface area contributed by atoms with Gasteiger partial charge in [0, 0.05) is 0 Å². The molecule has 0 bridgehead atoms. The fraction of sp³-hybridized carbons (Fsp3) is 0.571. The monoisotopic (exact) mass is 346 g/mol. The Bertz CT molecular complexity index is 453. The van der Waals surface area contributed by atoms with Gasteiger partial charge in [-0.05, 0) is 46.2 Å². The first kappa shape index (κ1) is 16.4. The summed E-state index contributed by atoms with van der Waals surface area (Å²) in [6.07, 6.45) is 0. The lowest BCUT2D eigenvalue weighted by molar-refractivity contribution is 0.353. The van der Waals surface area contributed by atoms with E-state index in [1.165, 1.54) is 0 Å². The van der Waals surface area contributed by atoms with Crippen LogP contribution in [0.15, 0.2) is 16.6 Å². The van der Waals surface area contributed by atoms with Crippen LogP contribution in [0.4, 0.5) is 0 Å². The van der Waals surface area contributed by atoms with Crippen LogP contribution in [0.1, 0.15) is 20.8 Å². The van der Waals surface area contributed by atoms with Gasteiger partial charge in [-0.15, -0.1) is 0 Å². The molecule has 5 heteroatoms. The molecular weight excluding hydrogens is 324 g/mol. The van der Waals surface area contributed by atoms with E-state index < -0.39 is 8.32 Å². The standard InChI is InChI=1S/C14H23BrO3Si/c1-14(2,3)19(6,7)18-13-11(16-4)9-8-10(15)12(13)17-5/h8-9H,1-7H3. The van der Waals surface area contributed by atoms with E-state index in [-0.39, 0.29) is 5.04 Å². The van der Waals surface area contributed by atoms with Gasteiger partial charge in [-0.1, -0.05) is 20.8 Å². The van der Waals surface area contributed by atoms with Gasteiger partial charge in [0.05, 0.1) is 18.7 Å². The second-order valence-corrected chi connectivity index (χ2v) is 11.6. The van der Waals surface area contributed by atoms with Crippen molar-refractivity contribution in [1.29, 1.82) is 0 Å². The largest absolute Gasteiger partial charge is 0.538 e. The lowest BCUT2D eigenvalue weighted by Crippen LogP contribution is -2.44. The maximum absolute atomic E-state index is 6.35. The lowest BCUT2D eigenvalue weighted by atomic mass is 10.2. The molecule has 0 aliphatic rings. The molecule has 0 N–H and O–H groups in total. The van der Waals surface area contributed by atoms with Crippen LogP contribution in [0.3, 0.4) is 0 Å². The van der Waals surface area contributed by atoms with E-state index in [2.05, 4.69) is 49.8 Å². The van der Waals surface area contributed by atoms with Gasteiger partial charge in [0.25, 0.3) is 8.32 Å². The van der Waals surface area contributed by atoms with Crippen molar-refractivity contribution in [3.05, 3.63) is 16.6 Å². The molecule has 0 amide bonds. The molecule has 0 saturated carbocycles. The molecule has 0 aromatic heterocycles. The van der Waals surface area contributed by atoms with Crippen LogP contribution in [0.2, 0.25) is 18.1 Å². The highest BCUT2D eigenvalue weighted by atomic mass is 79.9. The molecular formula is C14H23BrO3Si. The number of rotatable bonds is 4. The van der Waals surface area contributed by atoms with Crippen molar-refractivity contribution < 1.29 is 13.9 Å². The fourth-order valence-electron chi connectivity index (χ4n) is 1.38. The van der Waals surface area contributed by atoms with Gasteiger partial charge < -0.3 is 13.9 Å². The van der Waals surface area contributed by atoms with Gasteiger partial charge in [-0.3, -0.25) is 0 Å². The Morgan fingerprint density at radius 3 is 2.00 bits per heavy atom. The Labute approximate surface area is 125 Å². The molecule has 1 aromatic rings. The molecule has 0 radical (unpaired) electrons. The van der Waals surface area contributed by atoms with Crippen molar-refractivity contribution in [2.24, 2.45) is 0 Å². The zero-order chi connectivity index (χ0) is 14.8. The summed E-state index contributed by atoms with van der Waals surface area (Å²) in [5.41, 5.74) is 0. The van der Waals surface area contributed by atoms with E-state index in [1.807, 2.05) is 12.1 Å². The van der Waals surface area contributed by atoms with Gasteiger partial charge in [0.1, 0.15) is 0 Å². The van der Waals surface area contributed by atoms with E-state index >= 15 is 0 Å². The number of halogens is 1. The maximum Gasteiger partial charge on any atom is 0.250 e. The third kappa shape index (κ3) is 3.45. The third-order valence-corrected chi connectivity index (χ3v) is 8.57. The summed E-state index contributed by atoms with van der Waals surface area (Å²) in [5, 5.41) is 0.116. The highest BCUT2D eigenvalue weighted by Gasteiger charge is 2.40. The van der Waals surface area contributed by atoms with Crippen LogP contribution in [-0.2, 0) is 0 Å². The molecule has 19 heavy (non-hydrogen) atoms. The predicted octanol–water partition coefficient (Wildman–Crippen LogP) is 4.85.